The van der Waals surface area contributed by atoms with E-state index in [1.165, 1.54) is 0 Å². The molecule has 2 aliphatic heterocycles. The lowest BCUT2D eigenvalue weighted by Gasteiger charge is -2.33. The van der Waals surface area contributed by atoms with Gasteiger partial charge in [-0.1, -0.05) is 11.6 Å². The van der Waals surface area contributed by atoms with Gasteiger partial charge in [0.25, 0.3) is 5.91 Å². The largest absolute Gasteiger partial charge is 0.486 e. The Balaban J connectivity index is 1.56. The van der Waals surface area contributed by atoms with Crippen molar-refractivity contribution in [2.75, 3.05) is 26.3 Å². The van der Waals surface area contributed by atoms with Gasteiger partial charge in [-0.3, -0.25) is 4.79 Å². The second-order valence-corrected chi connectivity index (χ2v) is 8.10. The number of halogens is 1. The standard InChI is InChI=1S/C19H25ClN2O5/c1-19(2,3)27-18(24)22-6-4-13(5-7-22)21-17(23)12-10-14(20)16-15(11-12)25-8-9-26-16/h10-11,13H,4-9H2,1-3H3,(H,21,23). The van der Waals surface area contributed by atoms with E-state index in [-0.39, 0.29) is 18.0 Å². The molecular weight excluding hydrogens is 372 g/mol. The molecule has 3 rings (SSSR count). The number of nitrogens with zero attached hydrogens (tertiary/aromatic N) is 1. The van der Waals surface area contributed by atoms with Crippen LogP contribution in [0.1, 0.15) is 44.0 Å². The van der Waals surface area contributed by atoms with E-state index in [1.807, 2.05) is 20.8 Å². The van der Waals surface area contributed by atoms with Gasteiger partial charge in [0.1, 0.15) is 18.8 Å². The number of likely N-dealkylation sites (tertiary alicyclic amines) is 1. The van der Waals surface area contributed by atoms with E-state index in [2.05, 4.69) is 5.32 Å². The van der Waals surface area contributed by atoms with Gasteiger partial charge in [0.2, 0.25) is 0 Å². The fourth-order valence-corrected chi connectivity index (χ4v) is 3.31. The number of piperidine rings is 1. The fourth-order valence-electron chi connectivity index (χ4n) is 3.04. The Labute approximate surface area is 163 Å². The summed E-state index contributed by atoms with van der Waals surface area (Å²) in [6.07, 6.45) is 1.03. The van der Waals surface area contributed by atoms with E-state index in [0.717, 1.165) is 0 Å². The third-order valence-electron chi connectivity index (χ3n) is 4.34. The molecule has 2 heterocycles. The normalized spacial score (nSPS) is 17.4. The summed E-state index contributed by atoms with van der Waals surface area (Å²) in [6.45, 7) is 7.48. The number of carbonyl (C=O) groups is 2. The molecule has 0 saturated carbocycles. The average Bonchev–Trinajstić information content (AvgIpc) is 2.61. The first-order valence-corrected chi connectivity index (χ1v) is 9.48. The Bertz CT molecular complexity index is 724. The number of benzene rings is 1. The predicted molar refractivity (Wildman–Crippen MR) is 101 cm³/mol. The third-order valence-corrected chi connectivity index (χ3v) is 4.62. The summed E-state index contributed by atoms with van der Waals surface area (Å²) in [5.74, 6) is 0.744. The van der Waals surface area contributed by atoms with Gasteiger partial charge in [-0.05, 0) is 45.7 Å². The monoisotopic (exact) mass is 396 g/mol. The van der Waals surface area contributed by atoms with Crippen LogP contribution in [0.15, 0.2) is 12.1 Å². The van der Waals surface area contributed by atoms with Crippen LogP contribution in [-0.4, -0.2) is 54.8 Å². The average molecular weight is 397 g/mol. The van der Waals surface area contributed by atoms with Crippen molar-refractivity contribution in [3.63, 3.8) is 0 Å². The number of fused-ring (bicyclic) bond motifs is 1. The zero-order valence-corrected chi connectivity index (χ0v) is 16.6. The molecule has 27 heavy (non-hydrogen) atoms. The second-order valence-electron chi connectivity index (χ2n) is 7.70. The van der Waals surface area contributed by atoms with Gasteiger partial charge < -0.3 is 24.4 Å². The SMILES string of the molecule is CC(C)(C)OC(=O)N1CCC(NC(=O)c2cc(Cl)c3c(c2)OCCO3)CC1. The molecule has 2 aliphatic rings. The van der Waals surface area contributed by atoms with Crippen molar-refractivity contribution in [2.24, 2.45) is 0 Å². The molecule has 1 N–H and O–H groups in total. The van der Waals surface area contributed by atoms with Gasteiger partial charge in [0.15, 0.2) is 11.5 Å². The Morgan fingerprint density at radius 1 is 1.19 bits per heavy atom. The molecule has 0 radical (unpaired) electrons. The summed E-state index contributed by atoms with van der Waals surface area (Å²) in [5.41, 5.74) is -0.0848. The second kappa shape index (κ2) is 7.84. The van der Waals surface area contributed by atoms with Crippen LogP contribution in [-0.2, 0) is 4.74 Å². The van der Waals surface area contributed by atoms with E-state index in [9.17, 15) is 9.59 Å². The molecule has 2 amide bonds. The molecule has 8 heteroatoms. The molecule has 1 aromatic carbocycles. The number of carbonyl (C=O) groups excluding carboxylic acids is 2. The van der Waals surface area contributed by atoms with Gasteiger partial charge in [0.05, 0.1) is 5.02 Å². The molecule has 0 bridgehead atoms. The Kier molecular flexibility index (Phi) is 5.69. The van der Waals surface area contributed by atoms with Gasteiger partial charge in [-0.15, -0.1) is 0 Å². The first-order valence-electron chi connectivity index (χ1n) is 9.11. The Morgan fingerprint density at radius 3 is 2.52 bits per heavy atom. The minimum atomic E-state index is -0.514. The maximum Gasteiger partial charge on any atom is 0.410 e. The number of hydrogen-bond donors (Lipinski definition) is 1. The van der Waals surface area contributed by atoms with Crippen molar-refractivity contribution in [3.8, 4) is 11.5 Å². The van der Waals surface area contributed by atoms with Crippen molar-refractivity contribution >= 4 is 23.6 Å². The fraction of sp³-hybridized carbons (Fsp3) is 0.579. The highest BCUT2D eigenvalue weighted by atomic mass is 35.5. The molecule has 0 unspecified atom stereocenters. The van der Waals surface area contributed by atoms with Crippen molar-refractivity contribution in [3.05, 3.63) is 22.7 Å². The van der Waals surface area contributed by atoms with Crippen LogP contribution >= 0.6 is 11.6 Å². The molecule has 0 atom stereocenters. The summed E-state index contributed by atoms with van der Waals surface area (Å²) in [6, 6.07) is 3.22. The zero-order valence-electron chi connectivity index (χ0n) is 15.8. The highest BCUT2D eigenvalue weighted by Crippen LogP contribution is 2.38. The highest BCUT2D eigenvalue weighted by molar-refractivity contribution is 6.32. The van der Waals surface area contributed by atoms with Crippen molar-refractivity contribution in [1.82, 2.24) is 10.2 Å². The van der Waals surface area contributed by atoms with Gasteiger partial charge in [-0.2, -0.15) is 0 Å². The lowest BCUT2D eigenvalue weighted by molar-refractivity contribution is 0.0199. The number of amides is 2. The summed E-state index contributed by atoms with van der Waals surface area (Å²) < 4.78 is 16.4. The quantitative estimate of drug-likeness (QED) is 0.830. The van der Waals surface area contributed by atoms with Crippen LogP contribution < -0.4 is 14.8 Å². The minimum Gasteiger partial charge on any atom is -0.486 e. The van der Waals surface area contributed by atoms with Gasteiger partial charge in [-0.25, -0.2) is 4.79 Å². The van der Waals surface area contributed by atoms with Crippen LogP contribution in [0.2, 0.25) is 5.02 Å². The number of nitrogens with one attached hydrogen (secondary N) is 1. The lowest BCUT2D eigenvalue weighted by Crippen LogP contribution is -2.47. The molecule has 7 nitrogen and oxygen atoms in total. The first kappa shape index (κ1) is 19.6. The summed E-state index contributed by atoms with van der Waals surface area (Å²) >= 11 is 6.20. The van der Waals surface area contributed by atoms with E-state index >= 15 is 0 Å². The molecule has 0 spiro atoms. The van der Waals surface area contributed by atoms with Gasteiger partial charge >= 0.3 is 6.09 Å². The molecule has 1 fully saturated rings. The summed E-state index contributed by atoms with van der Waals surface area (Å²) in [5, 5.41) is 3.36. The number of hydrogen-bond acceptors (Lipinski definition) is 5. The molecule has 148 valence electrons. The number of rotatable bonds is 2. The highest BCUT2D eigenvalue weighted by Gasteiger charge is 2.28. The summed E-state index contributed by atoms with van der Waals surface area (Å²) in [7, 11) is 0. The van der Waals surface area contributed by atoms with E-state index in [1.54, 1.807) is 17.0 Å². The van der Waals surface area contributed by atoms with E-state index in [4.69, 9.17) is 25.8 Å². The number of ether oxygens (including phenoxy) is 3. The molecule has 1 aromatic rings. The minimum absolute atomic E-state index is 0.0110. The van der Waals surface area contributed by atoms with E-state index < -0.39 is 5.60 Å². The first-order chi connectivity index (χ1) is 12.7. The molecular formula is C19H25ClN2O5. The topological polar surface area (TPSA) is 77.1 Å². The van der Waals surface area contributed by atoms with Crippen molar-refractivity contribution < 1.29 is 23.8 Å². The van der Waals surface area contributed by atoms with Crippen LogP contribution in [0.4, 0.5) is 4.79 Å². The predicted octanol–water partition coefficient (Wildman–Crippen LogP) is 3.24. The van der Waals surface area contributed by atoms with Crippen LogP contribution in [0.5, 0.6) is 11.5 Å². The molecule has 0 aromatic heterocycles. The zero-order chi connectivity index (χ0) is 19.6. The molecule has 1 saturated heterocycles. The Hall–Kier alpha value is -2.15. The van der Waals surface area contributed by atoms with Crippen molar-refractivity contribution in [2.45, 2.75) is 45.3 Å². The maximum absolute atomic E-state index is 12.6. The van der Waals surface area contributed by atoms with E-state index in [0.29, 0.717) is 61.2 Å². The Morgan fingerprint density at radius 2 is 1.85 bits per heavy atom. The van der Waals surface area contributed by atoms with Gasteiger partial charge in [0, 0.05) is 24.7 Å². The lowest BCUT2D eigenvalue weighted by atomic mass is 10.0. The van der Waals surface area contributed by atoms with Crippen LogP contribution in [0.25, 0.3) is 0 Å². The molecule has 0 aliphatic carbocycles. The van der Waals surface area contributed by atoms with Crippen LogP contribution in [0.3, 0.4) is 0 Å². The van der Waals surface area contributed by atoms with Crippen LogP contribution in [0, 0.1) is 0 Å². The third kappa shape index (κ3) is 4.97. The maximum atomic E-state index is 12.6. The van der Waals surface area contributed by atoms with Crippen molar-refractivity contribution in [1.29, 1.82) is 0 Å². The summed E-state index contributed by atoms with van der Waals surface area (Å²) in [4.78, 5) is 26.4. The smallest absolute Gasteiger partial charge is 0.410 e.